The summed E-state index contributed by atoms with van der Waals surface area (Å²) in [6.07, 6.45) is 2.68. The molecule has 0 atom stereocenters. The van der Waals surface area contributed by atoms with Crippen LogP contribution >= 0.6 is 0 Å². The van der Waals surface area contributed by atoms with E-state index in [2.05, 4.69) is 5.32 Å². The molecule has 1 fully saturated rings. The Morgan fingerprint density at radius 2 is 1.96 bits per heavy atom. The third-order valence-electron chi connectivity index (χ3n) is 4.34. The van der Waals surface area contributed by atoms with E-state index in [-0.39, 0.29) is 18.5 Å². The Morgan fingerprint density at radius 1 is 1.33 bits per heavy atom. The predicted octanol–water partition coefficient (Wildman–Crippen LogP) is 0.989. The highest BCUT2D eigenvalue weighted by Gasteiger charge is 2.27. The van der Waals surface area contributed by atoms with Crippen molar-refractivity contribution in [1.29, 1.82) is 0 Å². The Bertz CT molecular complexity index is 670. The lowest BCUT2D eigenvalue weighted by atomic mass is 10.1. The summed E-state index contributed by atoms with van der Waals surface area (Å²) < 4.78 is 29.8. The number of anilines is 1. The highest BCUT2D eigenvalue weighted by molar-refractivity contribution is 7.88. The molecular weight excluding hydrogens is 330 g/mol. The van der Waals surface area contributed by atoms with E-state index < -0.39 is 10.0 Å². The number of rotatable bonds is 6. The van der Waals surface area contributed by atoms with Crippen molar-refractivity contribution in [2.45, 2.75) is 18.9 Å². The number of methoxy groups -OCH3 is 1. The van der Waals surface area contributed by atoms with Gasteiger partial charge in [-0.2, -0.15) is 0 Å². The third-order valence-corrected chi connectivity index (χ3v) is 5.69. The van der Waals surface area contributed by atoms with Crippen LogP contribution in [0.25, 0.3) is 0 Å². The summed E-state index contributed by atoms with van der Waals surface area (Å²) in [5.74, 6) is 0.522. The van der Waals surface area contributed by atoms with Gasteiger partial charge in [0.05, 0.1) is 25.6 Å². The van der Waals surface area contributed by atoms with Gasteiger partial charge in [0.15, 0.2) is 0 Å². The number of carbonyl (C=O) groups is 1. The van der Waals surface area contributed by atoms with E-state index in [1.807, 2.05) is 17.0 Å². The topological polar surface area (TPSA) is 79.0 Å². The molecule has 0 unspecified atom stereocenters. The summed E-state index contributed by atoms with van der Waals surface area (Å²) in [4.78, 5) is 14.2. The molecular formula is C16H25N3O4S. The van der Waals surface area contributed by atoms with Gasteiger partial charge >= 0.3 is 0 Å². The minimum absolute atomic E-state index is 0.00790. The Labute approximate surface area is 143 Å². The quantitative estimate of drug-likeness (QED) is 0.823. The Morgan fingerprint density at radius 3 is 2.54 bits per heavy atom. The molecule has 1 saturated heterocycles. The molecule has 0 radical (unpaired) electrons. The van der Waals surface area contributed by atoms with Crippen molar-refractivity contribution >= 4 is 21.6 Å². The Balaban J connectivity index is 1.84. The minimum atomic E-state index is -3.17. The maximum absolute atomic E-state index is 12.2. The zero-order valence-electron chi connectivity index (χ0n) is 14.4. The van der Waals surface area contributed by atoms with Gasteiger partial charge < -0.3 is 10.1 Å². The molecule has 8 heteroatoms. The number of nitrogens with zero attached hydrogens (tertiary/aromatic N) is 2. The number of nitrogens with one attached hydrogen (secondary N) is 1. The second kappa shape index (κ2) is 7.96. The van der Waals surface area contributed by atoms with E-state index in [0.717, 1.165) is 12.8 Å². The van der Waals surface area contributed by atoms with Crippen LogP contribution in [0.15, 0.2) is 24.3 Å². The molecule has 0 aliphatic carbocycles. The number of benzene rings is 1. The normalized spacial score (nSPS) is 17.0. The predicted molar refractivity (Wildman–Crippen MR) is 93.7 cm³/mol. The molecule has 1 amide bonds. The fourth-order valence-electron chi connectivity index (χ4n) is 2.85. The standard InChI is InChI=1S/C16H25N3O4S/c1-18(24(3,21)22)13-8-10-19(11-9-13)12-16(20)17-14-6-4-5-7-15(14)23-2/h4-7,13H,8-12H2,1-3H3,(H,17,20). The smallest absolute Gasteiger partial charge is 0.238 e. The zero-order chi connectivity index (χ0) is 17.7. The molecule has 2 rings (SSSR count). The maximum Gasteiger partial charge on any atom is 0.238 e. The SMILES string of the molecule is COc1ccccc1NC(=O)CN1CCC(N(C)S(C)(=O)=O)CC1. The van der Waals surface area contributed by atoms with Gasteiger partial charge in [0.1, 0.15) is 5.75 Å². The number of carbonyl (C=O) groups excluding carboxylic acids is 1. The summed E-state index contributed by atoms with van der Waals surface area (Å²) in [7, 11) is 0.00892. The van der Waals surface area contributed by atoms with Crippen LogP contribution in [-0.2, 0) is 14.8 Å². The van der Waals surface area contributed by atoms with Crippen LogP contribution in [-0.4, -0.2) is 69.6 Å². The van der Waals surface area contributed by atoms with Crippen LogP contribution in [0.2, 0.25) is 0 Å². The van der Waals surface area contributed by atoms with Crippen LogP contribution in [0.4, 0.5) is 5.69 Å². The monoisotopic (exact) mass is 355 g/mol. The maximum atomic E-state index is 12.2. The molecule has 1 heterocycles. The van der Waals surface area contributed by atoms with Crippen LogP contribution in [0.3, 0.4) is 0 Å². The number of ether oxygens (including phenoxy) is 1. The largest absolute Gasteiger partial charge is 0.495 e. The second-order valence-electron chi connectivity index (χ2n) is 6.03. The van der Waals surface area contributed by atoms with Crippen LogP contribution in [0.1, 0.15) is 12.8 Å². The van der Waals surface area contributed by atoms with Gasteiger partial charge in [-0.25, -0.2) is 12.7 Å². The van der Waals surface area contributed by atoms with E-state index in [0.29, 0.717) is 24.5 Å². The molecule has 0 aromatic heterocycles. The van der Waals surface area contributed by atoms with E-state index in [1.54, 1.807) is 26.3 Å². The minimum Gasteiger partial charge on any atom is -0.495 e. The van der Waals surface area contributed by atoms with Crippen molar-refractivity contribution in [2.75, 3.05) is 45.4 Å². The fourth-order valence-corrected chi connectivity index (χ4v) is 3.60. The summed E-state index contributed by atoms with van der Waals surface area (Å²) in [6.45, 7) is 1.68. The highest BCUT2D eigenvalue weighted by Crippen LogP contribution is 2.23. The van der Waals surface area contributed by atoms with Gasteiger partial charge in [-0.15, -0.1) is 0 Å². The van der Waals surface area contributed by atoms with Crippen LogP contribution in [0.5, 0.6) is 5.75 Å². The van der Waals surface area contributed by atoms with Crippen molar-refractivity contribution in [1.82, 2.24) is 9.21 Å². The van der Waals surface area contributed by atoms with E-state index in [4.69, 9.17) is 4.74 Å². The van der Waals surface area contributed by atoms with E-state index >= 15 is 0 Å². The molecule has 1 aliphatic heterocycles. The highest BCUT2D eigenvalue weighted by atomic mass is 32.2. The molecule has 1 N–H and O–H groups in total. The number of piperidine rings is 1. The van der Waals surface area contributed by atoms with E-state index in [1.165, 1.54) is 10.6 Å². The summed E-state index contributed by atoms with van der Waals surface area (Å²) in [6, 6.07) is 7.28. The molecule has 0 bridgehead atoms. The number of para-hydroxylation sites is 2. The number of hydrogen-bond donors (Lipinski definition) is 1. The van der Waals surface area contributed by atoms with Gasteiger partial charge in [0.25, 0.3) is 0 Å². The van der Waals surface area contributed by atoms with Crippen LogP contribution in [0, 0.1) is 0 Å². The molecule has 1 aliphatic rings. The first-order valence-corrected chi connectivity index (χ1v) is 9.74. The van der Waals surface area contributed by atoms with Gasteiger partial charge in [0.2, 0.25) is 15.9 Å². The zero-order valence-corrected chi connectivity index (χ0v) is 15.2. The lowest BCUT2D eigenvalue weighted by molar-refractivity contribution is -0.117. The first-order chi connectivity index (χ1) is 11.3. The van der Waals surface area contributed by atoms with Crippen molar-refractivity contribution in [3.8, 4) is 5.75 Å². The molecule has 0 saturated carbocycles. The molecule has 1 aromatic carbocycles. The molecule has 1 aromatic rings. The van der Waals surface area contributed by atoms with Crippen LogP contribution < -0.4 is 10.1 Å². The lowest BCUT2D eigenvalue weighted by Gasteiger charge is -2.35. The van der Waals surface area contributed by atoms with Crippen molar-refractivity contribution in [3.05, 3.63) is 24.3 Å². The van der Waals surface area contributed by atoms with Crippen molar-refractivity contribution < 1.29 is 17.9 Å². The number of hydrogen-bond acceptors (Lipinski definition) is 5. The van der Waals surface area contributed by atoms with Crippen molar-refractivity contribution in [3.63, 3.8) is 0 Å². The molecule has 0 spiro atoms. The average Bonchev–Trinajstić information content (AvgIpc) is 2.54. The summed E-state index contributed by atoms with van der Waals surface area (Å²) in [5, 5.41) is 2.86. The van der Waals surface area contributed by atoms with Gasteiger partial charge in [-0.1, -0.05) is 12.1 Å². The van der Waals surface area contributed by atoms with Gasteiger partial charge in [0, 0.05) is 26.2 Å². The average molecular weight is 355 g/mol. The summed E-state index contributed by atoms with van der Waals surface area (Å²) in [5.41, 5.74) is 0.650. The number of sulfonamides is 1. The van der Waals surface area contributed by atoms with Crippen molar-refractivity contribution in [2.24, 2.45) is 0 Å². The Hall–Kier alpha value is -1.64. The fraction of sp³-hybridized carbons (Fsp3) is 0.562. The lowest BCUT2D eigenvalue weighted by Crippen LogP contribution is -2.47. The molecule has 134 valence electrons. The molecule has 7 nitrogen and oxygen atoms in total. The first-order valence-electron chi connectivity index (χ1n) is 7.89. The second-order valence-corrected chi connectivity index (χ2v) is 8.08. The van der Waals surface area contributed by atoms with E-state index in [9.17, 15) is 13.2 Å². The first kappa shape index (κ1) is 18.7. The number of amides is 1. The van der Waals surface area contributed by atoms with Gasteiger partial charge in [-0.3, -0.25) is 9.69 Å². The van der Waals surface area contributed by atoms with Gasteiger partial charge in [-0.05, 0) is 25.0 Å². The number of likely N-dealkylation sites (tertiary alicyclic amines) is 1. The summed E-state index contributed by atoms with van der Waals surface area (Å²) >= 11 is 0. The molecule has 24 heavy (non-hydrogen) atoms. The Kier molecular flexibility index (Phi) is 6.20. The third kappa shape index (κ3) is 4.93.